The van der Waals surface area contributed by atoms with Crippen molar-refractivity contribution < 1.29 is 156 Å². The van der Waals surface area contributed by atoms with Gasteiger partial charge in [0.1, 0.15) is 5.60 Å². The molecule has 0 aliphatic heterocycles. The van der Waals surface area contributed by atoms with Gasteiger partial charge in [-0.1, -0.05) is 0 Å². The van der Waals surface area contributed by atoms with Crippen molar-refractivity contribution in [3.8, 4) is 0 Å². The molecule has 22 heavy (non-hydrogen) atoms. The number of hydrogen-bond acceptors (Lipinski definition) is 7. The maximum atomic E-state index is 10.1. The van der Waals surface area contributed by atoms with Gasteiger partial charge < -0.3 is 67.7 Å². The van der Waals surface area contributed by atoms with Crippen LogP contribution in [-0.4, -0.2) is 61.5 Å². The Hall–Kier alpha value is 1.13. The van der Waals surface area contributed by atoms with E-state index in [-0.39, 0.29) is 122 Å². The Morgan fingerprint density at radius 1 is 0.682 bits per heavy atom. The molecule has 0 unspecified atom stereocenters. The van der Waals surface area contributed by atoms with Crippen molar-refractivity contribution in [1.29, 1.82) is 0 Å². The average Bonchev–Trinajstić information content (AvgIpc) is 1.82. The molecule has 0 aromatic heterocycles. The van der Waals surface area contributed by atoms with Crippen molar-refractivity contribution >= 4 is 17.9 Å². The number of carboxylic acids is 3. The van der Waals surface area contributed by atoms with Gasteiger partial charge in [-0.15, -0.1) is 0 Å². The number of carbonyl (C=O) groups excluding carboxylic acids is 3. The molecule has 0 aliphatic rings. The van der Waals surface area contributed by atoms with E-state index in [0.29, 0.717) is 0 Å². The molecule has 122 valence electrons. The van der Waals surface area contributed by atoms with Crippen molar-refractivity contribution in [3.05, 3.63) is 0 Å². The summed E-state index contributed by atoms with van der Waals surface area (Å²) in [6.45, 7) is 0. The first-order chi connectivity index (χ1) is 5.78. The quantitative estimate of drug-likeness (QED) is 0.457. The van der Waals surface area contributed by atoms with Crippen LogP contribution < -0.4 is 104 Å². The normalized spacial score (nSPS) is 6.41. The van der Waals surface area contributed by atoms with Crippen LogP contribution in [0.4, 0.5) is 0 Å². The van der Waals surface area contributed by atoms with Gasteiger partial charge in [0.15, 0.2) is 0 Å². The second-order valence-corrected chi connectivity index (χ2v) is 2.42. The van der Waals surface area contributed by atoms with Gasteiger partial charge in [0.05, 0.1) is 5.97 Å². The second-order valence-electron chi connectivity index (χ2n) is 2.42. The maximum Gasteiger partial charge on any atom is 1.00 e. The van der Waals surface area contributed by atoms with Crippen molar-refractivity contribution in [3.63, 3.8) is 0 Å². The summed E-state index contributed by atoms with van der Waals surface area (Å²) in [6.07, 6.45) is -2.72. The van der Waals surface area contributed by atoms with Crippen molar-refractivity contribution in [1.82, 2.24) is 0 Å². The standard InChI is InChI=1S/C6H8O7.3Na.6H2O/c7-3(8)1-6(13,5(11)12)2-4(9)10;;;;;;;;;/h13H,1-2H2,(H,7,8)(H,9,10)(H,11,12);;;;6*1H2/q;3*+1;;;;;;/p-3. The number of rotatable bonds is 5. The number of carboxylic acid groups (broad SMARTS) is 3. The zero-order chi connectivity index (χ0) is 10.6. The van der Waals surface area contributed by atoms with E-state index < -0.39 is 36.4 Å². The topological polar surface area (TPSA) is 330 Å². The molecule has 0 aliphatic carbocycles. The van der Waals surface area contributed by atoms with E-state index in [1.54, 1.807) is 0 Å². The first-order valence-electron chi connectivity index (χ1n) is 3.11. The molecule has 0 rings (SSSR count). The van der Waals surface area contributed by atoms with Crippen molar-refractivity contribution in [2.45, 2.75) is 18.4 Å². The van der Waals surface area contributed by atoms with Crippen LogP contribution in [-0.2, 0) is 14.4 Å². The average molecular weight is 366 g/mol. The van der Waals surface area contributed by atoms with Gasteiger partial charge >= 0.3 is 88.7 Å². The number of aliphatic hydroxyl groups is 1. The van der Waals surface area contributed by atoms with E-state index in [1.165, 1.54) is 0 Å². The van der Waals surface area contributed by atoms with Gasteiger partial charge in [0.25, 0.3) is 0 Å². The van der Waals surface area contributed by atoms with Crippen LogP contribution in [0.5, 0.6) is 0 Å². The third-order valence-electron chi connectivity index (χ3n) is 1.25. The minimum atomic E-state index is -2.97. The summed E-state index contributed by atoms with van der Waals surface area (Å²) in [6, 6.07) is 0. The van der Waals surface area contributed by atoms with Gasteiger partial charge in [-0.3, -0.25) is 0 Å². The van der Waals surface area contributed by atoms with E-state index in [0.717, 1.165) is 0 Å². The molecule has 0 atom stereocenters. The first kappa shape index (κ1) is 65.7. The second kappa shape index (κ2) is 30.1. The molecule has 0 fully saturated rings. The molecular weight excluding hydrogens is 349 g/mol. The van der Waals surface area contributed by atoms with Gasteiger partial charge in [0, 0.05) is 24.8 Å². The molecule has 13 N–H and O–H groups in total. The maximum absolute atomic E-state index is 10.1. The molecular formula is C6H17Na3O13. The third-order valence-corrected chi connectivity index (χ3v) is 1.25. The minimum Gasteiger partial charge on any atom is -0.550 e. The van der Waals surface area contributed by atoms with E-state index >= 15 is 0 Å². The minimum absolute atomic E-state index is 0. The molecule has 13 nitrogen and oxygen atoms in total. The van der Waals surface area contributed by atoms with Crippen LogP contribution in [0, 0.1) is 0 Å². The van der Waals surface area contributed by atoms with Crippen LogP contribution in [0.2, 0.25) is 0 Å². The van der Waals surface area contributed by atoms with Gasteiger partial charge in [-0.2, -0.15) is 0 Å². The van der Waals surface area contributed by atoms with Gasteiger partial charge in [-0.05, 0) is 0 Å². The molecule has 0 bridgehead atoms. The Morgan fingerprint density at radius 2 is 0.864 bits per heavy atom. The molecule has 0 heterocycles. The molecule has 0 aromatic rings. The molecule has 0 radical (unpaired) electrons. The Morgan fingerprint density at radius 3 is 0.955 bits per heavy atom. The van der Waals surface area contributed by atoms with Crippen LogP contribution in [0.15, 0.2) is 0 Å². The summed E-state index contributed by atoms with van der Waals surface area (Å²) < 4.78 is 0. The first-order valence-corrected chi connectivity index (χ1v) is 3.11. The summed E-state index contributed by atoms with van der Waals surface area (Å²) >= 11 is 0. The molecule has 0 aromatic carbocycles. The predicted molar refractivity (Wildman–Crippen MR) is 50.9 cm³/mol. The molecule has 0 saturated heterocycles. The van der Waals surface area contributed by atoms with Crippen LogP contribution in [0.1, 0.15) is 12.8 Å². The Bertz CT molecular complexity index is 244. The van der Waals surface area contributed by atoms with E-state index in [4.69, 9.17) is 5.11 Å². The van der Waals surface area contributed by atoms with Gasteiger partial charge in [0.2, 0.25) is 0 Å². The fourth-order valence-electron chi connectivity index (χ4n) is 0.684. The summed E-state index contributed by atoms with van der Waals surface area (Å²) in [5, 5.41) is 38.9. The Kier molecular flexibility index (Phi) is 89.8. The largest absolute Gasteiger partial charge is 1.00 e. The van der Waals surface area contributed by atoms with Crippen molar-refractivity contribution in [2.24, 2.45) is 0 Å². The summed E-state index contributed by atoms with van der Waals surface area (Å²) in [7, 11) is 0. The smallest absolute Gasteiger partial charge is 0.550 e. The van der Waals surface area contributed by atoms with Crippen LogP contribution in [0.3, 0.4) is 0 Å². The fourth-order valence-corrected chi connectivity index (χ4v) is 0.684. The van der Waals surface area contributed by atoms with Crippen molar-refractivity contribution in [2.75, 3.05) is 0 Å². The van der Waals surface area contributed by atoms with Crippen LogP contribution in [0.25, 0.3) is 0 Å². The summed E-state index contributed by atoms with van der Waals surface area (Å²) in [5.41, 5.74) is -2.97. The van der Waals surface area contributed by atoms with E-state index in [2.05, 4.69) is 0 Å². The SMILES string of the molecule is O.O.O.O.O.O.O=C([O-])CC(O)(CC(=O)[O-])C(=O)[O-].[Na+].[Na+].[Na+]. The molecule has 0 amide bonds. The molecule has 16 heteroatoms. The predicted octanol–water partition coefficient (Wildman–Crippen LogP) is -19.2. The number of carbonyl (C=O) groups is 3. The summed E-state index contributed by atoms with van der Waals surface area (Å²) in [4.78, 5) is 30.0. The van der Waals surface area contributed by atoms with E-state index in [9.17, 15) is 29.7 Å². The Labute approximate surface area is 190 Å². The fraction of sp³-hybridized carbons (Fsp3) is 0.500. The zero-order valence-corrected chi connectivity index (χ0v) is 18.3. The number of hydrogen-bond donors (Lipinski definition) is 1. The molecule has 0 spiro atoms. The summed E-state index contributed by atoms with van der Waals surface area (Å²) in [5.74, 6) is -5.98. The molecule has 0 saturated carbocycles. The van der Waals surface area contributed by atoms with Crippen LogP contribution >= 0.6 is 0 Å². The zero-order valence-electron chi connectivity index (χ0n) is 12.3. The third kappa shape index (κ3) is 29.2. The number of aliphatic carboxylic acids is 3. The Balaban J connectivity index is -0.0000000200. The van der Waals surface area contributed by atoms with Gasteiger partial charge in [-0.25, -0.2) is 0 Å². The van der Waals surface area contributed by atoms with E-state index in [1.807, 2.05) is 0 Å². The monoisotopic (exact) mass is 366 g/mol.